The molecule has 2 saturated carbocycles. The average Bonchev–Trinajstić information content (AvgIpc) is 2.59. The fraction of sp³-hybridized carbons (Fsp3) is 0.800. The minimum absolute atomic E-state index is 0.0982. The maximum Gasteiger partial charge on any atom is 0.142 e. The van der Waals surface area contributed by atoms with E-state index in [1.807, 2.05) is 6.08 Å². The van der Waals surface area contributed by atoms with E-state index in [-0.39, 0.29) is 16.7 Å². The average molecular weight is 220 g/mol. The molecular weight excluding hydrogens is 196 g/mol. The molecular formula is C15H24O. The SMILES string of the molecule is C=C[C@H](C)[C@@H]1CC[C@@]2(C)CC(C)(C)C(=O)[C@@H]12. The summed E-state index contributed by atoms with van der Waals surface area (Å²) in [6, 6.07) is 0. The molecule has 0 bridgehead atoms. The van der Waals surface area contributed by atoms with Gasteiger partial charge < -0.3 is 0 Å². The van der Waals surface area contributed by atoms with Gasteiger partial charge in [-0.1, -0.05) is 33.8 Å². The number of ketones is 1. The van der Waals surface area contributed by atoms with Crippen molar-refractivity contribution in [3.63, 3.8) is 0 Å². The van der Waals surface area contributed by atoms with Gasteiger partial charge in [0.15, 0.2) is 0 Å². The zero-order valence-electron chi connectivity index (χ0n) is 11.0. The molecule has 0 aliphatic heterocycles. The Bertz CT molecular complexity index is 328. The molecule has 2 rings (SSSR count). The van der Waals surface area contributed by atoms with E-state index in [1.54, 1.807) is 0 Å². The lowest BCUT2D eigenvalue weighted by atomic mass is 9.76. The first-order valence-corrected chi connectivity index (χ1v) is 6.49. The summed E-state index contributed by atoms with van der Waals surface area (Å²) >= 11 is 0. The highest BCUT2D eigenvalue weighted by atomic mass is 16.1. The summed E-state index contributed by atoms with van der Waals surface area (Å²) in [5.41, 5.74) is 0.168. The molecule has 16 heavy (non-hydrogen) atoms. The largest absolute Gasteiger partial charge is 0.299 e. The summed E-state index contributed by atoms with van der Waals surface area (Å²) in [7, 11) is 0. The summed E-state index contributed by atoms with van der Waals surface area (Å²) in [5.74, 6) is 1.81. The predicted molar refractivity (Wildman–Crippen MR) is 67.1 cm³/mol. The smallest absolute Gasteiger partial charge is 0.142 e. The summed E-state index contributed by atoms with van der Waals surface area (Å²) in [6.07, 6.45) is 5.52. The van der Waals surface area contributed by atoms with E-state index in [2.05, 4.69) is 34.3 Å². The van der Waals surface area contributed by atoms with E-state index in [0.29, 0.717) is 17.6 Å². The number of Topliss-reactive ketones (excluding diaryl/α,β-unsaturated/α-hetero) is 1. The number of rotatable bonds is 2. The third kappa shape index (κ3) is 1.48. The second-order valence-electron chi connectivity index (χ2n) is 6.85. The summed E-state index contributed by atoms with van der Waals surface area (Å²) < 4.78 is 0. The zero-order valence-corrected chi connectivity index (χ0v) is 11.0. The van der Waals surface area contributed by atoms with Crippen LogP contribution in [0.5, 0.6) is 0 Å². The molecule has 2 aliphatic carbocycles. The first-order valence-electron chi connectivity index (χ1n) is 6.49. The van der Waals surface area contributed by atoms with Crippen LogP contribution in [0.15, 0.2) is 12.7 Å². The summed E-state index contributed by atoms with van der Waals surface area (Å²) in [4.78, 5) is 12.5. The highest BCUT2D eigenvalue weighted by molar-refractivity contribution is 5.90. The second kappa shape index (κ2) is 3.45. The number of carbonyl (C=O) groups is 1. The highest BCUT2D eigenvalue weighted by Gasteiger charge is 2.60. The van der Waals surface area contributed by atoms with E-state index in [0.717, 1.165) is 6.42 Å². The third-order valence-electron chi connectivity index (χ3n) is 5.07. The van der Waals surface area contributed by atoms with Gasteiger partial charge in [-0.3, -0.25) is 4.79 Å². The van der Waals surface area contributed by atoms with Crippen LogP contribution in [0.1, 0.15) is 47.0 Å². The molecule has 1 heteroatoms. The Morgan fingerprint density at radius 1 is 1.44 bits per heavy atom. The fourth-order valence-corrected chi connectivity index (χ4v) is 4.30. The van der Waals surface area contributed by atoms with E-state index in [9.17, 15) is 4.79 Å². The molecule has 0 aromatic carbocycles. The molecule has 2 aliphatic rings. The fourth-order valence-electron chi connectivity index (χ4n) is 4.30. The topological polar surface area (TPSA) is 17.1 Å². The zero-order chi connectivity index (χ0) is 12.1. The molecule has 2 fully saturated rings. The summed E-state index contributed by atoms with van der Waals surface area (Å²) in [5, 5.41) is 0. The van der Waals surface area contributed by atoms with Crippen LogP contribution in [0.4, 0.5) is 0 Å². The quantitative estimate of drug-likeness (QED) is 0.646. The Labute approximate surface area is 99.3 Å². The first-order chi connectivity index (χ1) is 7.32. The van der Waals surface area contributed by atoms with Gasteiger partial charge in [-0.15, -0.1) is 6.58 Å². The molecule has 0 heterocycles. The standard InChI is InChI=1S/C15H24O/c1-6-10(2)11-7-8-15(5)9-14(3,4)13(16)12(11)15/h6,10-12H,1,7-9H2,2-5H3/t10-,11-,12+,15-/m0/s1. The van der Waals surface area contributed by atoms with E-state index in [1.165, 1.54) is 12.8 Å². The number of fused-ring (bicyclic) bond motifs is 1. The summed E-state index contributed by atoms with van der Waals surface area (Å²) in [6.45, 7) is 12.7. The molecule has 0 N–H and O–H groups in total. The van der Waals surface area contributed by atoms with Crippen LogP contribution in [0.2, 0.25) is 0 Å². The van der Waals surface area contributed by atoms with Gasteiger partial charge in [0, 0.05) is 11.3 Å². The van der Waals surface area contributed by atoms with Crippen molar-refractivity contribution in [1.82, 2.24) is 0 Å². The number of allylic oxidation sites excluding steroid dienone is 1. The lowest BCUT2D eigenvalue weighted by Crippen LogP contribution is -2.30. The van der Waals surface area contributed by atoms with Crippen LogP contribution in [0.25, 0.3) is 0 Å². The van der Waals surface area contributed by atoms with Crippen molar-refractivity contribution in [2.75, 3.05) is 0 Å². The Hall–Kier alpha value is -0.590. The van der Waals surface area contributed by atoms with Crippen molar-refractivity contribution in [3.8, 4) is 0 Å². The maximum atomic E-state index is 12.5. The van der Waals surface area contributed by atoms with Gasteiger partial charge in [0.05, 0.1) is 0 Å². The molecule has 0 aromatic heterocycles. The van der Waals surface area contributed by atoms with E-state index in [4.69, 9.17) is 0 Å². The van der Waals surface area contributed by atoms with Crippen molar-refractivity contribution >= 4 is 5.78 Å². The Morgan fingerprint density at radius 3 is 2.62 bits per heavy atom. The van der Waals surface area contributed by atoms with Gasteiger partial charge in [0.25, 0.3) is 0 Å². The minimum atomic E-state index is -0.0982. The lowest BCUT2D eigenvalue weighted by molar-refractivity contribution is -0.129. The van der Waals surface area contributed by atoms with Crippen LogP contribution in [-0.4, -0.2) is 5.78 Å². The third-order valence-corrected chi connectivity index (χ3v) is 5.07. The Kier molecular flexibility index (Phi) is 2.56. The predicted octanol–water partition coefficient (Wildman–Crippen LogP) is 3.84. The number of carbonyl (C=O) groups excluding carboxylic acids is 1. The first kappa shape index (κ1) is 11.9. The Morgan fingerprint density at radius 2 is 2.06 bits per heavy atom. The van der Waals surface area contributed by atoms with Crippen LogP contribution >= 0.6 is 0 Å². The van der Waals surface area contributed by atoms with Crippen LogP contribution < -0.4 is 0 Å². The van der Waals surface area contributed by atoms with Crippen LogP contribution in [0, 0.1) is 28.6 Å². The second-order valence-corrected chi connectivity index (χ2v) is 6.85. The van der Waals surface area contributed by atoms with Crippen molar-refractivity contribution in [3.05, 3.63) is 12.7 Å². The van der Waals surface area contributed by atoms with E-state index < -0.39 is 0 Å². The van der Waals surface area contributed by atoms with Gasteiger partial charge in [-0.2, -0.15) is 0 Å². The maximum absolute atomic E-state index is 12.5. The highest BCUT2D eigenvalue weighted by Crippen LogP contribution is 2.61. The molecule has 0 radical (unpaired) electrons. The molecule has 0 aromatic rings. The minimum Gasteiger partial charge on any atom is -0.299 e. The monoisotopic (exact) mass is 220 g/mol. The van der Waals surface area contributed by atoms with Crippen LogP contribution in [-0.2, 0) is 4.79 Å². The number of hydrogen-bond donors (Lipinski definition) is 0. The van der Waals surface area contributed by atoms with Gasteiger partial charge in [-0.25, -0.2) is 0 Å². The molecule has 0 unspecified atom stereocenters. The molecule has 0 saturated heterocycles. The van der Waals surface area contributed by atoms with Gasteiger partial charge >= 0.3 is 0 Å². The van der Waals surface area contributed by atoms with Crippen molar-refractivity contribution in [1.29, 1.82) is 0 Å². The van der Waals surface area contributed by atoms with Gasteiger partial charge in [0.2, 0.25) is 0 Å². The van der Waals surface area contributed by atoms with Crippen molar-refractivity contribution in [2.24, 2.45) is 28.6 Å². The van der Waals surface area contributed by atoms with Crippen molar-refractivity contribution in [2.45, 2.75) is 47.0 Å². The Balaban J connectivity index is 2.33. The molecule has 4 atom stereocenters. The number of hydrogen-bond acceptors (Lipinski definition) is 1. The molecule has 0 amide bonds. The van der Waals surface area contributed by atoms with Gasteiger partial charge in [-0.05, 0) is 36.5 Å². The van der Waals surface area contributed by atoms with Gasteiger partial charge in [0.1, 0.15) is 5.78 Å². The molecule has 0 spiro atoms. The van der Waals surface area contributed by atoms with Crippen LogP contribution in [0.3, 0.4) is 0 Å². The van der Waals surface area contributed by atoms with Crippen molar-refractivity contribution < 1.29 is 4.79 Å². The molecule has 90 valence electrons. The molecule has 1 nitrogen and oxygen atoms in total. The lowest BCUT2D eigenvalue weighted by Gasteiger charge is -2.27. The van der Waals surface area contributed by atoms with E-state index >= 15 is 0 Å². The normalized spacial score (nSPS) is 43.1.